The number of likely N-dealkylation sites (tertiary alicyclic amines) is 1. The van der Waals surface area contributed by atoms with Crippen molar-refractivity contribution < 1.29 is 14.3 Å². The van der Waals surface area contributed by atoms with Gasteiger partial charge in [-0.2, -0.15) is 0 Å². The van der Waals surface area contributed by atoms with Crippen LogP contribution in [0.25, 0.3) is 22.1 Å². The van der Waals surface area contributed by atoms with Crippen LogP contribution in [0.1, 0.15) is 37.7 Å². The number of nitrogens with zero attached hydrogens (tertiary/aromatic N) is 1. The molecule has 4 nitrogen and oxygen atoms in total. The molecule has 4 aromatic rings. The van der Waals surface area contributed by atoms with Crippen molar-refractivity contribution in [2.24, 2.45) is 0 Å². The van der Waals surface area contributed by atoms with Gasteiger partial charge in [0.1, 0.15) is 11.3 Å². The topological polar surface area (TPSA) is 45.8 Å². The lowest BCUT2D eigenvalue weighted by Gasteiger charge is -2.38. The molecule has 5 rings (SSSR count). The molecule has 1 N–H and O–H groups in total. The zero-order valence-electron chi connectivity index (χ0n) is 20.3. The van der Waals surface area contributed by atoms with E-state index < -0.39 is 5.60 Å². The Hall–Kier alpha value is -2.50. The zero-order valence-corrected chi connectivity index (χ0v) is 21.8. The summed E-state index contributed by atoms with van der Waals surface area (Å²) in [4.78, 5) is 2.45. The summed E-state index contributed by atoms with van der Waals surface area (Å²) in [5.74, 6) is 0.831. The summed E-state index contributed by atoms with van der Waals surface area (Å²) in [5.41, 5.74) is 3.19. The van der Waals surface area contributed by atoms with Gasteiger partial charge in [0.25, 0.3) is 0 Å². The minimum absolute atomic E-state index is 0.687. The number of ether oxygens (including phenoxy) is 1. The van der Waals surface area contributed by atoms with Gasteiger partial charge in [-0.05, 0) is 86.2 Å². The second-order valence-electron chi connectivity index (χ2n) is 9.60. The number of benzene rings is 3. The van der Waals surface area contributed by atoms with E-state index in [1.807, 2.05) is 60.7 Å². The number of furan rings is 1. The fourth-order valence-electron chi connectivity index (χ4n) is 4.95. The molecule has 3 aromatic carbocycles. The summed E-state index contributed by atoms with van der Waals surface area (Å²) in [7, 11) is 0. The van der Waals surface area contributed by atoms with Crippen molar-refractivity contribution in [3.63, 3.8) is 0 Å². The summed E-state index contributed by atoms with van der Waals surface area (Å²) in [6.45, 7) is 3.57. The van der Waals surface area contributed by atoms with Gasteiger partial charge >= 0.3 is 0 Å². The van der Waals surface area contributed by atoms with Gasteiger partial charge in [0.2, 0.25) is 0 Å². The van der Waals surface area contributed by atoms with Crippen molar-refractivity contribution in [1.82, 2.24) is 4.90 Å². The van der Waals surface area contributed by atoms with Crippen LogP contribution in [-0.2, 0) is 5.60 Å². The monoisotopic (exact) mass is 523 g/mol. The van der Waals surface area contributed by atoms with E-state index in [2.05, 4.69) is 11.0 Å². The number of halogens is 2. The van der Waals surface area contributed by atoms with Gasteiger partial charge < -0.3 is 19.2 Å². The molecular formula is C30H31Cl2NO3. The molecule has 1 saturated heterocycles. The standard InChI is InChI=1S/C30H31Cl2NO3/c31-24-8-4-22(5-9-24)28-21-36-29-20-26(12-13-27(28)29)35-19-3-1-2-16-33-17-14-30(34,15-18-33)23-6-10-25(32)11-7-23/h4-13,20-21,34H,1-3,14-19H2. The van der Waals surface area contributed by atoms with Crippen LogP contribution in [0.3, 0.4) is 0 Å². The summed E-state index contributed by atoms with van der Waals surface area (Å²) >= 11 is 12.0. The van der Waals surface area contributed by atoms with E-state index in [1.165, 1.54) is 0 Å². The maximum absolute atomic E-state index is 11.0. The Bertz CT molecular complexity index is 1280. The third-order valence-corrected chi connectivity index (χ3v) is 7.66. The third kappa shape index (κ3) is 5.90. The average Bonchev–Trinajstić information content (AvgIpc) is 3.31. The number of aliphatic hydroxyl groups is 1. The lowest BCUT2D eigenvalue weighted by molar-refractivity contribution is -0.0261. The largest absolute Gasteiger partial charge is 0.493 e. The number of fused-ring (bicyclic) bond motifs is 1. The molecule has 0 unspecified atom stereocenters. The predicted molar refractivity (Wildman–Crippen MR) is 147 cm³/mol. The molecule has 6 heteroatoms. The van der Waals surface area contributed by atoms with E-state index in [1.54, 1.807) is 6.26 Å². The number of hydrogen-bond acceptors (Lipinski definition) is 4. The Morgan fingerprint density at radius 2 is 1.56 bits per heavy atom. The molecule has 0 atom stereocenters. The molecule has 1 aromatic heterocycles. The van der Waals surface area contributed by atoms with Gasteiger partial charge in [-0.15, -0.1) is 0 Å². The Kier molecular flexibility index (Phi) is 7.87. The van der Waals surface area contributed by atoms with Crippen molar-refractivity contribution in [2.45, 2.75) is 37.7 Å². The van der Waals surface area contributed by atoms with Crippen molar-refractivity contribution in [3.05, 3.63) is 88.6 Å². The average molecular weight is 524 g/mol. The highest BCUT2D eigenvalue weighted by atomic mass is 35.5. The number of rotatable bonds is 9. The van der Waals surface area contributed by atoms with E-state index in [0.717, 1.165) is 90.2 Å². The highest BCUT2D eigenvalue weighted by molar-refractivity contribution is 6.30. The minimum Gasteiger partial charge on any atom is -0.493 e. The molecule has 0 radical (unpaired) electrons. The first kappa shape index (κ1) is 25.2. The maximum atomic E-state index is 11.0. The van der Waals surface area contributed by atoms with Crippen LogP contribution in [0.5, 0.6) is 5.75 Å². The van der Waals surface area contributed by atoms with Crippen LogP contribution >= 0.6 is 23.2 Å². The molecular weight excluding hydrogens is 493 g/mol. The highest BCUT2D eigenvalue weighted by Crippen LogP contribution is 2.34. The van der Waals surface area contributed by atoms with Crippen molar-refractivity contribution in [1.29, 1.82) is 0 Å². The van der Waals surface area contributed by atoms with Crippen LogP contribution in [0, 0.1) is 0 Å². The van der Waals surface area contributed by atoms with Gasteiger partial charge in [0.15, 0.2) is 0 Å². The molecule has 0 amide bonds. The molecule has 0 saturated carbocycles. The number of piperidine rings is 1. The number of unbranched alkanes of at least 4 members (excludes halogenated alkanes) is 2. The Labute approximate surface area is 222 Å². The lowest BCUT2D eigenvalue weighted by Crippen LogP contribution is -2.42. The van der Waals surface area contributed by atoms with E-state index in [-0.39, 0.29) is 0 Å². The Balaban J connectivity index is 1.03. The van der Waals surface area contributed by atoms with E-state index in [9.17, 15) is 5.11 Å². The van der Waals surface area contributed by atoms with Gasteiger partial charge in [0.05, 0.1) is 18.5 Å². The van der Waals surface area contributed by atoms with Gasteiger partial charge in [-0.1, -0.05) is 47.5 Å². The lowest BCUT2D eigenvalue weighted by atomic mass is 9.84. The molecule has 0 aliphatic carbocycles. The molecule has 188 valence electrons. The fourth-order valence-corrected chi connectivity index (χ4v) is 5.20. The smallest absolute Gasteiger partial charge is 0.138 e. The summed E-state index contributed by atoms with van der Waals surface area (Å²) in [6.07, 6.45) is 6.55. The van der Waals surface area contributed by atoms with Gasteiger partial charge in [0, 0.05) is 40.2 Å². The summed E-state index contributed by atoms with van der Waals surface area (Å²) in [5, 5.41) is 13.5. The van der Waals surface area contributed by atoms with Crippen molar-refractivity contribution in [2.75, 3.05) is 26.2 Å². The van der Waals surface area contributed by atoms with Crippen LogP contribution in [0.4, 0.5) is 0 Å². The van der Waals surface area contributed by atoms with Crippen LogP contribution < -0.4 is 4.74 Å². The first-order chi connectivity index (χ1) is 17.5. The molecule has 0 spiro atoms. The minimum atomic E-state index is -0.737. The van der Waals surface area contributed by atoms with Gasteiger partial charge in [-0.25, -0.2) is 0 Å². The first-order valence-electron chi connectivity index (χ1n) is 12.6. The SMILES string of the molecule is OC1(c2ccc(Cl)cc2)CCN(CCCCCOc2ccc3c(-c4ccc(Cl)cc4)coc3c2)CC1. The molecule has 1 aliphatic rings. The maximum Gasteiger partial charge on any atom is 0.138 e. The Morgan fingerprint density at radius 3 is 2.28 bits per heavy atom. The normalized spacial score (nSPS) is 15.9. The molecule has 0 bridgehead atoms. The predicted octanol–water partition coefficient (Wildman–Crippen LogP) is 7.94. The van der Waals surface area contributed by atoms with E-state index in [4.69, 9.17) is 32.4 Å². The summed E-state index contributed by atoms with van der Waals surface area (Å²) in [6, 6.07) is 21.4. The molecule has 1 fully saturated rings. The molecule has 2 heterocycles. The van der Waals surface area contributed by atoms with Crippen molar-refractivity contribution >= 4 is 34.2 Å². The second-order valence-corrected chi connectivity index (χ2v) is 10.5. The Morgan fingerprint density at radius 1 is 0.861 bits per heavy atom. The van der Waals surface area contributed by atoms with Crippen LogP contribution in [0.15, 0.2) is 77.4 Å². The second kappa shape index (κ2) is 11.3. The van der Waals surface area contributed by atoms with E-state index >= 15 is 0 Å². The van der Waals surface area contributed by atoms with E-state index in [0.29, 0.717) is 11.6 Å². The van der Waals surface area contributed by atoms with Crippen molar-refractivity contribution in [3.8, 4) is 16.9 Å². The summed E-state index contributed by atoms with van der Waals surface area (Å²) < 4.78 is 11.8. The fraction of sp³-hybridized carbons (Fsp3) is 0.333. The number of hydrogen-bond donors (Lipinski definition) is 1. The third-order valence-electron chi connectivity index (χ3n) is 7.15. The quantitative estimate of drug-likeness (QED) is 0.226. The van der Waals surface area contributed by atoms with Crippen LogP contribution in [-0.4, -0.2) is 36.2 Å². The van der Waals surface area contributed by atoms with Crippen LogP contribution in [0.2, 0.25) is 10.0 Å². The van der Waals surface area contributed by atoms with Gasteiger partial charge in [-0.3, -0.25) is 0 Å². The molecule has 1 aliphatic heterocycles. The first-order valence-corrected chi connectivity index (χ1v) is 13.4. The zero-order chi connectivity index (χ0) is 25.0. The molecule has 36 heavy (non-hydrogen) atoms. The highest BCUT2D eigenvalue weighted by Gasteiger charge is 2.33.